The van der Waals surface area contributed by atoms with Gasteiger partial charge >= 0.3 is 12.0 Å². The van der Waals surface area contributed by atoms with Crippen molar-refractivity contribution in [2.45, 2.75) is 11.9 Å². The minimum atomic E-state index is -4.44. The van der Waals surface area contributed by atoms with E-state index in [-0.39, 0.29) is 23.3 Å². The molecule has 2 aromatic rings. The minimum Gasteiger partial charge on any atom is -0.467 e. The van der Waals surface area contributed by atoms with Crippen molar-refractivity contribution in [3.8, 4) is 6.01 Å². The molecule has 0 saturated carbocycles. The van der Waals surface area contributed by atoms with Crippen LogP contribution in [-0.4, -0.2) is 66.4 Å². The van der Waals surface area contributed by atoms with E-state index in [4.69, 9.17) is 4.74 Å². The highest BCUT2D eigenvalue weighted by molar-refractivity contribution is 7.90. The monoisotopic (exact) mass is 395 g/mol. The van der Waals surface area contributed by atoms with Gasteiger partial charge in [0.2, 0.25) is 5.95 Å². The molecule has 2 aromatic heterocycles. The summed E-state index contributed by atoms with van der Waals surface area (Å²) < 4.78 is 31.6. The van der Waals surface area contributed by atoms with Gasteiger partial charge in [0.1, 0.15) is 5.82 Å². The smallest absolute Gasteiger partial charge is 0.335 e. The van der Waals surface area contributed by atoms with Crippen molar-refractivity contribution in [1.82, 2.24) is 29.6 Å². The number of anilines is 1. The third-order valence-electron chi connectivity index (χ3n) is 3.02. The maximum Gasteiger partial charge on any atom is 0.335 e. The van der Waals surface area contributed by atoms with Gasteiger partial charge in [-0.1, -0.05) is 0 Å². The van der Waals surface area contributed by atoms with E-state index in [2.05, 4.69) is 25.3 Å². The molecule has 0 unspecified atom stereocenters. The molecule has 0 spiro atoms. The van der Waals surface area contributed by atoms with E-state index in [0.717, 1.165) is 0 Å². The Kier molecular flexibility index (Phi) is 5.85. The average Bonchev–Trinajstić information content (AvgIpc) is 2.59. The zero-order valence-electron chi connectivity index (χ0n) is 14.9. The van der Waals surface area contributed by atoms with Crippen molar-refractivity contribution in [2.24, 2.45) is 0 Å². The molecule has 0 fully saturated rings. The van der Waals surface area contributed by atoms with Crippen LogP contribution >= 0.6 is 0 Å². The summed E-state index contributed by atoms with van der Waals surface area (Å²) in [6.07, 6.45) is 1.19. The second-order valence-corrected chi connectivity index (χ2v) is 6.91. The van der Waals surface area contributed by atoms with Crippen LogP contribution in [0.3, 0.4) is 0 Å². The number of sulfonamides is 1. The molecule has 144 valence electrons. The maximum absolute atomic E-state index is 12.5. The normalized spacial score (nSPS) is 10.8. The molecule has 13 heteroatoms. The molecule has 2 N–H and O–H groups in total. The van der Waals surface area contributed by atoms with Crippen molar-refractivity contribution in [3.05, 3.63) is 29.7 Å². The molecule has 0 aromatic carbocycles. The molecular formula is C14H17N7O5S. The number of urea groups is 1. The molecular weight excluding hydrogens is 378 g/mol. The van der Waals surface area contributed by atoms with Crippen molar-refractivity contribution < 1.29 is 22.7 Å². The number of aryl methyl sites for hydroxylation is 1. The van der Waals surface area contributed by atoms with Gasteiger partial charge < -0.3 is 9.64 Å². The Morgan fingerprint density at radius 2 is 1.89 bits per heavy atom. The van der Waals surface area contributed by atoms with E-state index in [1.165, 1.54) is 51.4 Å². The number of carbonyl (C=O) groups excluding carboxylic acids is 2. The van der Waals surface area contributed by atoms with Crippen LogP contribution in [0.5, 0.6) is 6.01 Å². The minimum absolute atomic E-state index is 0.0516. The Labute approximate surface area is 155 Å². The van der Waals surface area contributed by atoms with Crippen LogP contribution in [0.1, 0.15) is 16.2 Å². The predicted octanol–water partition coefficient (Wildman–Crippen LogP) is -0.204. The summed E-state index contributed by atoms with van der Waals surface area (Å²) in [5.74, 6) is -0.539. The molecule has 27 heavy (non-hydrogen) atoms. The van der Waals surface area contributed by atoms with Gasteiger partial charge in [-0.2, -0.15) is 23.4 Å². The molecule has 12 nitrogen and oxygen atoms in total. The van der Waals surface area contributed by atoms with E-state index in [9.17, 15) is 18.0 Å². The first-order chi connectivity index (χ1) is 12.6. The van der Waals surface area contributed by atoms with Crippen LogP contribution in [0.2, 0.25) is 0 Å². The van der Waals surface area contributed by atoms with Gasteiger partial charge in [0, 0.05) is 20.3 Å². The Hall–Kier alpha value is -3.35. The van der Waals surface area contributed by atoms with Gasteiger partial charge in [0.25, 0.3) is 15.9 Å². The third kappa shape index (κ3) is 4.84. The molecule has 2 heterocycles. The van der Waals surface area contributed by atoms with Crippen LogP contribution in [0.4, 0.5) is 10.7 Å². The lowest BCUT2D eigenvalue weighted by molar-refractivity contribution is 0.0823. The van der Waals surface area contributed by atoms with Crippen LogP contribution in [0.15, 0.2) is 23.4 Å². The van der Waals surface area contributed by atoms with Crippen molar-refractivity contribution in [3.63, 3.8) is 0 Å². The van der Waals surface area contributed by atoms with Gasteiger partial charge in [-0.25, -0.2) is 14.5 Å². The van der Waals surface area contributed by atoms with Gasteiger partial charge in [-0.15, -0.1) is 0 Å². The number of hydrogen-bond donors (Lipinski definition) is 2. The first kappa shape index (κ1) is 20.0. The van der Waals surface area contributed by atoms with Crippen molar-refractivity contribution >= 4 is 27.9 Å². The lowest BCUT2D eigenvalue weighted by Gasteiger charge is -2.14. The molecule has 0 aliphatic carbocycles. The fourth-order valence-corrected chi connectivity index (χ4v) is 2.95. The maximum atomic E-state index is 12.5. The number of nitrogens with one attached hydrogen (secondary N) is 2. The van der Waals surface area contributed by atoms with Gasteiger partial charge in [0.15, 0.2) is 5.03 Å². The zero-order chi connectivity index (χ0) is 20.2. The van der Waals surface area contributed by atoms with E-state index in [1.807, 2.05) is 0 Å². The number of rotatable bonds is 5. The van der Waals surface area contributed by atoms with Gasteiger partial charge in [-0.05, 0) is 19.1 Å². The summed E-state index contributed by atoms with van der Waals surface area (Å²) in [4.78, 5) is 40.6. The van der Waals surface area contributed by atoms with Crippen molar-refractivity contribution in [1.29, 1.82) is 0 Å². The number of pyridine rings is 1. The highest BCUT2D eigenvalue weighted by atomic mass is 32.2. The fourth-order valence-electron chi connectivity index (χ4n) is 1.91. The Morgan fingerprint density at radius 3 is 2.52 bits per heavy atom. The van der Waals surface area contributed by atoms with Crippen LogP contribution in [-0.2, 0) is 10.0 Å². The molecule has 2 rings (SSSR count). The van der Waals surface area contributed by atoms with Gasteiger partial charge in [0.05, 0.1) is 12.7 Å². The molecule has 0 aliphatic heterocycles. The number of hydrogen-bond acceptors (Lipinski definition) is 9. The van der Waals surface area contributed by atoms with Crippen LogP contribution in [0, 0.1) is 6.92 Å². The zero-order valence-corrected chi connectivity index (χ0v) is 15.7. The molecule has 3 amide bonds. The lowest BCUT2D eigenvalue weighted by atomic mass is 10.2. The Bertz CT molecular complexity index is 978. The molecule has 0 saturated heterocycles. The molecule has 0 radical (unpaired) electrons. The Balaban J connectivity index is 2.26. The number of amides is 3. The SMILES string of the molecule is COc1nc(C)nc(NC(=O)NS(=O)(=O)c2ncccc2C(=O)N(C)C)n1. The van der Waals surface area contributed by atoms with E-state index in [0.29, 0.717) is 0 Å². The number of aromatic nitrogens is 4. The summed E-state index contributed by atoms with van der Waals surface area (Å²) in [7, 11) is -0.190. The molecule has 0 atom stereocenters. The number of methoxy groups -OCH3 is 1. The van der Waals surface area contributed by atoms with E-state index < -0.39 is 27.0 Å². The molecule has 0 bridgehead atoms. The highest BCUT2D eigenvalue weighted by Gasteiger charge is 2.27. The number of nitrogens with zero attached hydrogens (tertiary/aromatic N) is 5. The van der Waals surface area contributed by atoms with E-state index >= 15 is 0 Å². The first-order valence-electron chi connectivity index (χ1n) is 7.41. The van der Waals surface area contributed by atoms with Gasteiger partial charge in [-0.3, -0.25) is 10.1 Å². The highest BCUT2D eigenvalue weighted by Crippen LogP contribution is 2.14. The van der Waals surface area contributed by atoms with Crippen LogP contribution < -0.4 is 14.8 Å². The predicted molar refractivity (Wildman–Crippen MR) is 92.7 cm³/mol. The lowest BCUT2D eigenvalue weighted by Crippen LogP contribution is -2.37. The third-order valence-corrected chi connectivity index (χ3v) is 4.31. The van der Waals surface area contributed by atoms with Crippen LogP contribution in [0.25, 0.3) is 0 Å². The summed E-state index contributed by atoms with van der Waals surface area (Å²) in [6, 6.07) is 1.51. The van der Waals surface area contributed by atoms with E-state index in [1.54, 1.807) is 4.72 Å². The summed E-state index contributed by atoms with van der Waals surface area (Å²) >= 11 is 0. The standard InChI is InChI=1S/C14H17N7O5S/c1-8-16-12(19-14(17-8)26-4)18-13(23)20-27(24,25)10-9(6-5-7-15-10)11(22)21(2)3/h5-7H,1-4H3,(H2,16,17,18,19,20,23). The summed E-state index contributed by atoms with van der Waals surface area (Å²) in [5.41, 5.74) is -0.180. The quantitative estimate of drug-likeness (QED) is 0.699. The number of ether oxygens (including phenoxy) is 1. The second kappa shape index (κ2) is 7.90. The Morgan fingerprint density at radius 1 is 1.19 bits per heavy atom. The topological polar surface area (TPSA) is 156 Å². The number of carbonyl (C=O) groups is 2. The summed E-state index contributed by atoms with van der Waals surface area (Å²) in [6.45, 7) is 1.54. The average molecular weight is 395 g/mol. The fraction of sp³-hybridized carbons (Fsp3) is 0.286. The second-order valence-electron chi connectivity index (χ2n) is 5.31. The molecule has 0 aliphatic rings. The van der Waals surface area contributed by atoms with Crippen molar-refractivity contribution in [2.75, 3.05) is 26.5 Å². The first-order valence-corrected chi connectivity index (χ1v) is 8.89. The largest absolute Gasteiger partial charge is 0.467 e. The summed E-state index contributed by atoms with van der Waals surface area (Å²) in [5, 5.41) is 1.58.